The van der Waals surface area contributed by atoms with Crippen LogP contribution < -0.4 is 5.32 Å². The Balaban J connectivity index is 2.29. The molecule has 0 amide bonds. The molecular weight excluding hydrogens is 165 g/mol. The molecule has 1 atom stereocenters. The van der Waals surface area contributed by atoms with E-state index in [4.69, 9.17) is 0 Å². The predicted octanol–water partition coefficient (Wildman–Crippen LogP) is 2.08. The highest BCUT2D eigenvalue weighted by molar-refractivity contribution is 5.26. The highest BCUT2D eigenvalue weighted by atomic mass is 19.1. The van der Waals surface area contributed by atoms with Crippen molar-refractivity contribution in [2.24, 2.45) is 0 Å². The number of nitrogens with one attached hydrogen (secondary N) is 1. The Hall–Kier alpha value is -0.890. The normalized spacial score (nSPS) is 27.8. The smallest absolute Gasteiger partial charge is 0.123 e. The molecule has 0 spiro atoms. The molecule has 0 aromatic heterocycles. The fraction of sp³-hybridized carbons (Fsp3) is 0.455. The molecule has 1 fully saturated rings. The molecule has 1 heterocycles. The van der Waals surface area contributed by atoms with Gasteiger partial charge in [0.05, 0.1) is 0 Å². The summed E-state index contributed by atoms with van der Waals surface area (Å²) in [5.74, 6) is -0.154. The first-order valence-corrected chi connectivity index (χ1v) is 4.67. The topological polar surface area (TPSA) is 12.0 Å². The predicted molar refractivity (Wildman–Crippen MR) is 51.2 cm³/mol. The van der Waals surface area contributed by atoms with Crippen molar-refractivity contribution in [1.29, 1.82) is 0 Å². The van der Waals surface area contributed by atoms with Crippen LogP contribution in [0.15, 0.2) is 24.3 Å². The third kappa shape index (κ3) is 1.59. The first kappa shape index (κ1) is 8.70. The van der Waals surface area contributed by atoms with Crippen LogP contribution in [0.4, 0.5) is 4.39 Å². The molecule has 70 valence electrons. The summed E-state index contributed by atoms with van der Waals surface area (Å²) in [6.07, 6.45) is 1.14. The van der Waals surface area contributed by atoms with Gasteiger partial charge in [0.15, 0.2) is 0 Å². The Kier molecular flexibility index (Phi) is 2.08. The lowest BCUT2D eigenvalue weighted by molar-refractivity contribution is 0.522. The van der Waals surface area contributed by atoms with Crippen molar-refractivity contribution < 1.29 is 4.39 Å². The molecule has 2 rings (SSSR count). The maximum atomic E-state index is 12.7. The van der Waals surface area contributed by atoms with Crippen molar-refractivity contribution in [2.45, 2.75) is 18.8 Å². The van der Waals surface area contributed by atoms with Crippen molar-refractivity contribution in [2.75, 3.05) is 13.1 Å². The number of rotatable bonds is 1. The second kappa shape index (κ2) is 3.11. The summed E-state index contributed by atoms with van der Waals surface area (Å²) >= 11 is 0. The van der Waals surface area contributed by atoms with E-state index in [0.717, 1.165) is 19.5 Å². The van der Waals surface area contributed by atoms with Gasteiger partial charge in [-0.05, 0) is 30.7 Å². The highest BCUT2D eigenvalue weighted by Crippen LogP contribution is 2.29. The second-order valence-corrected chi connectivity index (χ2v) is 3.99. The van der Waals surface area contributed by atoms with E-state index in [1.54, 1.807) is 12.1 Å². The molecule has 1 N–H and O–H groups in total. The summed E-state index contributed by atoms with van der Waals surface area (Å²) < 4.78 is 12.7. The van der Waals surface area contributed by atoms with Crippen LogP contribution >= 0.6 is 0 Å². The minimum absolute atomic E-state index is 0.154. The van der Waals surface area contributed by atoms with Gasteiger partial charge in [-0.1, -0.05) is 19.1 Å². The van der Waals surface area contributed by atoms with Gasteiger partial charge in [0.2, 0.25) is 0 Å². The molecule has 2 heteroatoms. The van der Waals surface area contributed by atoms with Crippen LogP contribution in [0, 0.1) is 5.82 Å². The summed E-state index contributed by atoms with van der Waals surface area (Å²) in [5, 5.41) is 3.33. The van der Waals surface area contributed by atoms with Gasteiger partial charge in [-0.3, -0.25) is 0 Å². The Morgan fingerprint density at radius 1 is 1.31 bits per heavy atom. The lowest BCUT2D eigenvalue weighted by Gasteiger charge is -2.22. The average molecular weight is 179 g/mol. The molecule has 1 aliphatic heterocycles. The van der Waals surface area contributed by atoms with Crippen molar-refractivity contribution in [3.05, 3.63) is 35.6 Å². The fourth-order valence-electron chi connectivity index (χ4n) is 1.92. The molecule has 1 aromatic rings. The lowest BCUT2D eigenvalue weighted by atomic mass is 9.82. The van der Waals surface area contributed by atoms with Gasteiger partial charge in [0.25, 0.3) is 0 Å². The first-order chi connectivity index (χ1) is 6.21. The maximum absolute atomic E-state index is 12.7. The molecule has 0 bridgehead atoms. The number of hydrogen-bond donors (Lipinski definition) is 1. The standard InChI is InChI=1S/C11H14FN/c1-11(6-7-13-8-11)9-2-4-10(12)5-3-9/h2-5,13H,6-8H2,1H3/t11-/m1/s1. The average Bonchev–Trinajstić information content (AvgIpc) is 2.54. The van der Waals surface area contributed by atoms with Gasteiger partial charge >= 0.3 is 0 Å². The van der Waals surface area contributed by atoms with Crippen LogP contribution in [-0.2, 0) is 5.41 Å². The number of halogens is 1. The van der Waals surface area contributed by atoms with E-state index in [-0.39, 0.29) is 11.2 Å². The maximum Gasteiger partial charge on any atom is 0.123 e. The van der Waals surface area contributed by atoms with E-state index in [0.29, 0.717) is 0 Å². The molecule has 0 saturated carbocycles. The molecule has 1 nitrogen and oxygen atoms in total. The summed E-state index contributed by atoms with van der Waals surface area (Å²) in [4.78, 5) is 0. The molecule has 1 saturated heterocycles. The van der Waals surface area contributed by atoms with Gasteiger partial charge in [0.1, 0.15) is 5.82 Å². The van der Waals surface area contributed by atoms with Crippen LogP contribution in [-0.4, -0.2) is 13.1 Å². The van der Waals surface area contributed by atoms with Crippen LogP contribution in [0.5, 0.6) is 0 Å². The van der Waals surface area contributed by atoms with Crippen LogP contribution in [0.1, 0.15) is 18.9 Å². The number of benzene rings is 1. The second-order valence-electron chi connectivity index (χ2n) is 3.99. The summed E-state index contributed by atoms with van der Waals surface area (Å²) in [6.45, 7) is 4.28. The van der Waals surface area contributed by atoms with Crippen LogP contribution in [0.2, 0.25) is 0 Å². The molecule has 1 aliphatic rings. The number of hydrogen-bond acceptors (Lipinski definition) is 1. The van der Waals surface area contributed by atoms with Gasteiger partial charge < -0.3 is 5.32 Å². The van der Waals surface area contributed by atoms with Gasteiger partial charge in [-0.2, -0.15) is 0 Å². The zero-order chi connectivity index (χ0) is 9.31. The van der Waals surface area contributed by atoms with Gasteiger partial charge in [-0.15, -0.1) is 0 Å². The molecule has 0 radical (unpaired) electrons. The van der Waals surface area contributed by atoms with E-state index in [2.05, 4.69) is 12.2 Å². The van der Waals surface area contributed by atoms with Crippen molar-refractivity contribution in [3.8, 4) is 0 Å². The minimum Gasteiger partial charge on any atom is -0.316 e. The monoisotopic (exact) mass is 179 g/mol. The zero-order valence-electron chi connectivity index (χ0n) is 7.81. The van der Waals surface area contributed by atoms with Crippen molar-refractivity contribution in [3.63, 3.8) is 0 Å². The molecule has 13 heavy (non-hydrogen) atoms. The van der Waals surface area contributed by atoms with Crippen LogP contribution in [0.3, 0.4) is 0 Å². The minimum atomic E-state index is -0.154. The van der Waals surface area contributed by atoms with E-state index < -0.39 is 0 Å². The molecule has 1 aromatic carbocycles. The van der Waals surface area contributed by atoms with Gasteiger partial charge in [-0.25, -0.2) is 4.39 Å². The Bertz CT molecular complexity index is 285. The quantitative estimate of drug-likeness (QED) is 0.696. The van der Waals surface area contributed by atoms with Crippen LogP contribution in [0.25, 0.3) is 0 Å². The Labute approximate surface area is 78.0 Å². The molecule has 0 aliphatic carbocycles. The fourth-order valence-corrected chi connectivity index (χ4v) is 1.92. The van der Waals surface area contributed by atoms with E-state index in [1.807, 2.05) is 12.1 Å². The summed E-state index contributed by atoms with van der Waals surface area (Å²) in [7, 11) is 0. The SMILES string of the molecule is C[C@@]1(c2ccc(F)cc2)CCNC1. The summed E-state index contributed by atoms with van der Waals surface area (Å²) in [5.41, 5.74) is 1.44. The first-order valence-electron chi connectivity index (χ1n) is 4.67. The zero-order valence-corrected chi connectivity index (χ0v) is 7.81. The van der Waals surface area contributed by atoms with Crippen molar-refractivity contribution >= 4 is 0 Å². The molecule has 0 unspecified atom stereocenters. The lowest BCUT2D eigenvalue weighted by Crippen LogP contribution is -2.24. The third-order valence-electron chi connectivity index (χ3n) is 2.91. The highest BCUT2D eigenvalue weighted by Gasteiger charge is 2.29. The van der Waals surface area contributed by atoms with E-state index in [1.165, 1.54) is 5.56 Å². The Morgan fingerprint density at radius 3 is 2.54 bits per heavy atom. The summed E-state index contributed by atoms with van der Waals surface area (Å²) in [6, 6.07) is 6.86. The van der Waals surface area contributed by atoms with E-state index in [9.17, 15) is 4.39 Å². The Morgan fingerprint density at radius 2 is 2.00 bits per heavy atom. The van der Waals surface area contributed by atoms with E-state index >= 15 is 0 Å². The van der Waals surface area contributed by atoms with Gasteiger partial charge in [0, 0.05) is 12.0 Å². The molecular formula is C11H14FN. The largest absolute Gasteiger partial charge is 0.316 e. The third-order valence-corrected chi connectivity index (χ3v) is 2.91. The van der Waals surface area contributed by atoms with Crippen molar-refractivity contribution in [1.82, 2.24) is 5.32 Å².